The highest BCUT2D eigenvalue weighted by molar-refractivity contribution is 7.89. The van der Waals surface area contributed by atoms with Gasteiger partial charge in [-0.25, -0.2) is 0 Å². The number of aryl methyl sites for hydroxylation is 2. The normalized spacial score (nSPS) is 15.3. The Morgan fingerprint density at radius 1 is 0.943 bits per heavy atom. The van der Waals surface area contributed by atoms with Gasteiger partial charge in [-0.1, -0.05) is 79.6 Å². The van der Waals surface area contributed by atoms with Crippen LogP contribution < -0.4 is 0 Å². The molecule has 0 saturated heterocycles. The summed E-state index contributed by atoms with van der Waals surface area (Å²) >= 11 is 0. The SMILES string of the molecule is CCCCOC(=O)CC1c2ccccc2C(c2ccccc2C)=NN1S(=O)(=O)c1ccc(C)cc1. The molecule has 35 heavy (non-hydrogen) atoms. The Bertz CT molecular complexity index is 1350. The topological polar surface area (TPSA) is 76.0 Å². The van der Waals surface area contributed by atoms with E-state index in [0.717, 1.165) is 45.1 Å². The largest absolute Gasteiger partial charge is 0.466 e. The van der Waals surface area contributed by atoms with Gasteiger partial charge in [0.05, 0.1) is 23.6 Å². The number of fused-ring (bicyclic) bond motifs is 1. The molecule has 1 heterocycles. The lowest BCUT2D eigenvalue weighted by Gasteiger charge is -2.34. The number of carbonyl (C=O) groups excluding carboxylic acids is 1. The second kappa shape index (κ2) is 10.4. The smallest absolute Gasteiger partial charge is 0.308 e. The van der Waals surface area contributed by atoms with Gasteiger partial charge in [0, 0.05) is 11.1 Å². The molecule has 0 radical (unpaired) electrons. The summed E-state index contributed by atoms with van der Waals surface area (Å²) in [5.41, 5.74) is 4.87. The molecular weight excluding hydrogens is 460 g/mol. The Labute approximate surface area is 207 Å². The molecule has 0 bridgehead atoms. The average Bonchev–Trinajstić information content (AvgIpc) is 2.85. The summed E-state index contributed by atoms with van der Waals surface area (Å²) in [5, 5.41) is 4.71. The molecule has 1 aliphatic rings. The highest BCUT2D eigenvalue weighted by Gasteiger charge is 2.39. The van der Waals surface area contributed by atoms with E-state index in [0.29, 0.717) is 12.3 Å². The van der Waals surface area contributed by atoms with Gasteiger partial charge in [-0.2, -0.15) is 17.9 Å². The number of unbranched alkanes of at least 4 members (excludes halogenated alkanes) is 1. The van der Waals surface area contributed by atoms with Crippen molar-refractivity contribution in [1.29, 1.82) is 0 Å². The summed E-state index contributed by atoms with van der Waals surface area (Å²) in [7, 11) is -4.06. The minimum atomic E-state index is -4.06. The molecule has 6 nitrogen and oxygen atoms in total. The predicted molar refractivity (Wildman–Crippen MR) is 137 cm³/mol. The van der Waals surface area contributed by atoms with Crippen molar-refractivity contribution in [3.63, 3.8) is 0 Å². The Hall–Kier alpha value is -3.45. The Morgan fingerprint density at radius 3 is 2.29 bits per heavy atom. The molecule has 0 aromatic heterocycles. The van der Waals surface area contributed by atoms with Gasteiger partial charge in [0.1, 0.15) is 6.04 Å². The van der Waals surface area contributed by atoms with Crippen LogP contribution in [0.4, 0.5) is 0 Å². The molecule has 0 saturated carbocycles. The van der Waals surface area contributed by atoms with Gasteiger partial charge in [0.2, 0.25) is 0 Å². The van der Waals surface area contributed by atoms with E-state index in [1.54, 1.807) is 24.3 Å². The number of benzene rings is 3. The van der Waals surface area contributed by atoms with Crippen molar-refractivity contribution in [2.45, 2.75) is 51.0 Å². The van der Waals surface area contributed by atoms with Crippen LogP contribution in [0.3, 0.4) is 0 Å². The fraction of sp³-hybridized carbons (Fsp3) is 0.286. The molecule has 7 heteroatoms. The first-order valence-corrected chi connectivity index (χ1v) is 13.3. The number of rotatable bonds is 8. The highest BCUT2D eigenvalue weighted by Crippen LogP contribution is 2.38. The first-order valence-electron chi connectivity index (χ1n) is 11.8. The fourth-order valence-electron chi connectivity index (χ4n) is 4.16. The van der Waals surface area contributed by atoms with E-state index < -0.39 is 22.0 Å². The Kier molecular flexibility index (Phi) is 7.36. The molecule has 1 unspecified atom stereocenters. The van der Waals surface area contributed by atoms with Crippen LogP contribution in [0.2, 0.25) is 0 Å². The molecule has 3 aromatic rings. The number of hydrogen-bond acceptors (Lipinski definition) is 5. The van der Waals surface area contributed by atoms with Gasteiger partial charge < -0.3 is 4.74 Å². The Morgan fingerprint density at radius 2 is 1.60 bits per heavy atom. The maximum atomic E-state index is 13.9. The number of sulfonamides is 1. The van der Waals surface area contributed by atoms with Gasteiger partial charge in [0.15, 0.2) is 0 Å². The second-order valence-electron chi connectivity index (χ2n) is 8.74. The number of hydrogen-bond donors (Lipinski definition) is 0. The lowest BCUT2D eigenvalue weighted by Crippen LogP contribution is -2.37. The van der Waals surface area contributed by atoms with E-state index in [2.05, 4.69) is 0 Å². The first kappa shape index (κ1) is 24.7. The third-order valence-corrected chi connectivity index (χ3v) is 7.82. The minimum Gasteiger partial charge on any atom is -0.466 e. The van der Waals surface area contributed by atoms with Crippen LogP contribution in [0.25, 0.3) is 0 Å². The van der Waals surface area contributed by atoms with Crippen LogP contribution in [-0.2, 0) is 19.6 Å². The standard InChI is InChI=1S/C28H30N2O4S/c1-4-5-18-34-27(31)19-26-24-12-8-9-13-25(24)28(23-11-7-6-10-21(23)3)29-30(26)35(32,33)22-16-14-20(2)15-17-22/h6-17,26H,4-5,18-19H2,1-3H3. The van der Waals surface area contributed by atoms with Crippen LogP contribution in [0.1, 0.15) is 60.0 Å². The van der Waals surface area contributed by atoms with Crippen molar-refractivity contribution in [3.8, 4) is 0 Å². The Balaban J connectivity index is 1.86. The van der Waals surface area contributed by atoms with Crippen molar-refractivity contribution < 1.29 is 17.9 Å². The summed E-state index contributed by atoms with van der Waals surface area (Å²) < 4.78 is 34.3. The highest BCUT2D eigenvalue weighted by atomic mass is 32.2. The van der Waals surface area contributed by atoms with Crippen molar-refractivity contribution in [1.82, 2.24) is 4.41 Å². The molecule has 1 atom stereocenters. The first-order chi connectivity index (χ1) is 16.8. The van der Waals surface area contributed by atoms with E-state index in [-0.39, 0.29) is 11.3 Å². The minimum absolute atomic E-state index is 0.125. The van der Waals surface area contributed by atoms with Gasteiger partial charge in [0.25, 0.3) is 10.0 Å². The molecule has 182 valence electrons. The van der Waals surface area contributed by atoms with Crippen molar-refractivity contribution in [2.24, 2.45) is 5.10 Å². The third kappa shape index (κ3) is 5.15. The van der Waals surface area contributed by atoms with Crippen LogP contribution in [0.15, 0.2) is 82.8 Å². The van der Waals surface area contributed by atoms with E-state index in [1.165, 1.54) is 0 Å². The lowest BCUT2D eigenvalue weighted by atomic mass is 9.89. The van der Waals surface area contributed by atoms with Crippen molar-refractivity contribution >= 4 is 21.7 Å². The molecule has 0 amide bonds. The molecule has 3 aromatic carbocycles. The molecular formula is C28H30N2O4S. The van der Waals surface area contributed by atoms with Gasteiger partial charge in [-0.15, -0.1) is 0 Å². The zero-order valence-corrected chi connectivity index (χ0v) is 21.1. The van der Waals surface area contributed by atoms with Crippen LogP contribution in [-0.4, -0.2) is 31.1 Å². The zero-order valence-electron chi connectivity index (χ0n) is 20.3. The summed E-state index contributed by atoms with van der Waals surface area (Å²) in [6.07, 6.45) is 1.53. The maximum absolute atomic E-state index is 13.9. The molecule has 0 aliphatic carbocycles. The van der Waals surface area contributed by atoms with Gasteiger partial charge >= 0.3 is 5.97 Å². The zero-order chi connectivity index (χ0) is 25.0. The van der Waals surface area contributed by atoms with Crippen LogP contribution >= 0.6 is 0 Å². The third-order valence-electron chi connectivity index (χ3n) is 6.13. The molecule has 4 rings (SSSR count). The lowest BCUT2D eigenvalue weighted by molar-refractivity contribution is -0.144. The molecule has 0 N–H and O–H groups in total. The van der Waals surface area contributed by atoms with Crippen LogP contribution in [0, 0.1) is 13.8 Å². The van der Waals surface area contributed by atoms with Gasteiger partial charge in [-0.3, -0.25) is 4.79 Å². The summed E-state index contributed by atoms with van der Waals surface area (Å²) in [4.78, 5) is 12.9. The van der Waals surface area contributed by atoms with Crippen molar-refractivity contribution in [3.05, 3.63) is 101 Å². The number of ether oxygens (including phenoxy) is 1. The van der Waals surface area contributed by atoms with E-state index in [1.807, 2.05) is 69.3 Å². The monoisotopic (exact) mass is 490 g/mol. The van der Waals surface area contributed by atoms with Gasteiger partial charge in [-0.05, 0) is 43.5 Å². The average molecular weight is 491 g/mol. The predicted octanol–water partition coefficient (Wildman–Crippen LogP) is 5.53. The van der Waals surface area contributed by atoms with E-state index in [9.17, 15) is 13.2 Å². The number of hydrazone groups is 1. The molecule has 0 spiro atoms. The number of nitrogens with zero attached hydrogens (tertiary/aromatic N) is 2. The van der Waals surface area contributed by atoms with E-state index in [4.69, 9.17) is 9.84 Å². The quantitative estimate of drug-likeness (QED) is 0.307. The number of esters is 1. The summed E-state index contributed by atoms with van der Waals surface area (Å²) in [6.45, 7) is 6.20. The number of carbonyl (C=O) groups is 1. The van der Waals surface area contributed by atoms with Crippen LogP contribution in [0.5, 0.6) is 0 Å². The summed E-state index contributed by atoms with van der Waals surface area (Å²) in [6, 6.07) is 21.1. The fourth-order valence-corrected chi connectivity index (χ4v) is 5.56. The van der Waals surface area contributed by atoms with E-state index >= 15 is 0 Å². The second-order valence-corrected chi connectivity index (χ2v) is 10.5. The molecule has 1 aliphatic heterocycles. The summed E-state index contributed by atoms with van der Waals surface area (Å²) in [5.74, 6) is -0.447. The molecule has 0 fully saturated rings. The van der Waals surface area contributed by atoms with Crippen molar-refractivity contribution in [2.75, 3.05) is 6.61 Å². The maximum Gasteiger partial charge on any atom is 0.308 e.